The molecule has 0 saturated heterocycles. The summed E-state index contributed by atoms with van der Waals surface area (Å²) < 4.78 is 0. The molecule has 1 aromatic heterocycles. The summed E-state index contributed by atoms with van der Waals surface area (Å²) >= 11 is 12.0. The van der Waals surface area contributed by atoms with Crippen LogP contribution in [0.15, 0.2) is 12.1 Å². The van der Waals surface area contributed by atoms with E-state index in [2.05, 4.69) is 16.9 Å². The number of hydrogen-bond donors (Lipinski definition) is 0. The first-order valence-corrected chi connectivity index (χ1v) is 6.93. The molecule has 1 aliphatic rings. The Kier molecular flexibility index (Phi) is 4.66. The highest BCUT2D eigenvalue weighted by Gasteiger charge is 2.19. The molecule has 17 heavy (non-hydrogen) atoms. The highest BCUT2D eigenvalue weighted by atomic mass is 35.5. The van der Waals surface area contributed by atoms with E-state index in [1.807, 2.05) is 6.07 Å². The lowest BCUT2D eigenvalue weighted by atomic mass is 9.94. The number of aromatic nitrogens is 1. The predicted octanol–water partition coefficient (Wildman–Crippen LogP) is 4.15. The number of pyridine rings is 1. The van der Waals surface area contributed by atoms with Gasteiger partial charge in [-0.1, -0.05) is 42.5 Å². The summed E-state index contributed by atoms with van der Waals surface area (Å²) in [5.74, 6) is 0. The van der Waals surface area contributed by atoms with Crippen LogP contribution >= 0.6 is 23.2 Å². The molecule has 1 fully saturated rings. The lowest BCUT2D eigenvalue weighted by Crippen LogP contribution is -2.33. The number of hydrogen-bond acceptors (Lipinski definition) is 2. The zero-order valence-corrected chi connectivity index (χ0v) is 11.6. The minimum Gasteiger partial charge on any atom is -0.298 e. The molecule has 94 valence electrons. The van der Waals surface area contributed by atoms with Crippen molar-refractivity contribution in [3.63, 3.8) is 0 Å². The third-order valence-electron chi connectivity index (χ3n) is 3.48. The number of nitrogens with zero attached hydrogens (tertiary/aromatic N) is 2. The molecule has 2 nitrogen and oxygen atoms in total. The monoisotopic (exact) mass is 272 g/mol. The van der Waals surface area contributed by atoms with Gasteiger partial charge in [-0.25, -0.2) is 4.98 Å². The second-order valence-electron chi connectivity index (χ2n) is 4.77. The van der Waals surface area contributed by atoms with Gasteiger partial charge in [-0.2, -0.15) is 0 Å². The van der Waals surface area contributed by atoms with E-state index < -0.39 is 0 Å². The molecular formula is C13H18Cl2N2. The summed E-state index contributed by atoms with van der Waals surface area (Å²) in [6.07, 6.45) is 6.63. The molecule has 0 N–H and O–H groups in total. The second-order valence-corrected chi connectivity index (χ2v) is 5.56. The van der Waals surface area contributed by atoms with Gasteiger partial charge >= 0.3 is 0 Å². The van der Waals surface area contributed by atoms with Crippen LogP contribution in [0.4, 0.5) is 0 Å². The van der Waals surface area contributed by atoms with Gasteiger partial charge in [0, 0.05) is 12.6 Å². The van der Waals surface area contributed by atoms with E-state index in [-0.39, 0.29) is 0 Å². The van der Waals surface area contributed by atoms with E-state index in [0.717, 1.165) is 12.2 Å². The van der Waals surface area contributed by atoms with Gasteiger partial charge in [0.1, 0.15) is 5.15 Å². The maximum atomic E-state index is 6.13. The van der Waals surface area contributed by atoms with E-state index in [4.69, 9.17) is 23.2 Å². The number of halogens is 2. The van der Waals surface area contributed by atoms with Gasteiger partial charge in [0.15, 0.2) is 0 Å². The normalized spacial score (nSPS) is 17.6. The van der Waals surface area contributed by atoms with E-state index in [1.54, 1.807) is 6.07 Å². The fraction of sp³-hybridized carbons (Fsp3) is 0.615. The summed E-state index contributed by atoms with van der Waals surface area (Å²) in [7, 11) is 2.15. The van der Waals surface area contributed by atoms with E-state index in [0.29, 0.717) is 16.2 Å². The molecule has 1 heterocycles. The molecule has 1 saturated carbocycles. The zero-order chi connectivity index (χ0) is 12.3. The average Bonchev–Trinajstić information content (AvgIpc) is 2.35. The molecule has 0 aromatic carbocycles. The van der Waals surface area contributed by atoms with E-state index in [1.165, 1.54) is 32.1 Å². The van der Waals surface area contributed by atoms with Crippen LogP contribution in [0.5, 0.6) is 0 Å². The molecule has 0 atom stereocenters. The molecule has 0 radical (unpaired) electrons. The van der Waals surface area contributed by atoms with Crippen LogP contribution in [0.1, 0.15) is 37.8 Å². The molecule has 4 heteroatoms. The SMILES string of the molecule is CN(Cc1nc(Cl)ccc1Cl)C1CCCCC1. The molecule has 1 aliphatic carbocycles. The maximum absolute atomic E-state index is 6.13. The Morgan fingerprint density at radius 3 is 2.65 bits per heavy atom. The third kappa shape index (κ3) is 3.57. The average molecular weight is 273 g/mol. The van der Waals surface area contributed by atoms with Crippen molar-refractivity contribution in [2.75, 3.05) is 7.05 Å². The standard InChI is InChI=1S/C13H18Cl2N2/c1-17(10-5-3-2-4-6-10)9-12-11(14)7-8-13(15)16-12/h7-8,10H,2-6,9H2,1H3. The van der Waals surface area contributed by atoms with Crippen molar-refractivity contribution in [3.8, 4) is 0 Å². The fourth-order valence-corrected chi connectivity index (χ4v) is 2.79. The summed E-state index contributed by atoms with van der Waals surface area (Å²) in [6.45, 7) is 0.782. The van der Waals surface area contributed by atoms with Gasteiger partial charge in [-0.3, -0.25) is 4.90 Å². The molecular weight excluding hydrogens is 255 g/mol. The molecule has 0 amide bonds. The lowest BCUT2D eigenvalue weighted by molar-refractivity contribution is 0.183. The minimum atomic E-state index is 0.515. The van der Waals surface area contributed by atoms with E-state index >= 15 is 0 Å². The van der Waals surface area contributed by atoms with Gasteiger partial charge in [-0.15, -0.1) is 0 Å². The van der Waals surface area contributed by atoms with Crippen LogP contribution in [0.3, 0.4) is 0 Å². The van der Waals surface area contributed by atoms with Crippen molar-refractivity contribution in [1.82, 2.24) is 9.88 Å². The summed E-state index contributed by atoms with van der Waals surface area (Å²) in [4.78, 5) is 6.65. The molecule has 0 unspecified atom stereocenters. The van der Waals surface area contributed by atoms with Crippen LogP contribution < -0.4 is 0 Å². The van der Waals surface area contributed by atoms with Crippen molar-refractivity contribution in [3.05, 3.63) is 28.0 Å². The second kappa shape index (κ2) is 6.03. The molecule has 0 bridgehead atoms. The predicted molar refractivity (Wildman–Crippen MR) is 72.6 cm³/mol. The zero-order valence-electron chi connectivity index (χ0n) is 10.1. The van der Waals surface area contributed by atoms with Crippen LogP contribution in [-0.4, -0.2) is 23.0 Å². The van der Waals surface area contributed by atoms with Gasteiger partial charge in [0.05, 0.1) is 10.7 Å². The van der Waals surface area contributed by atoms with Gasteiger partial charge in [0.2, 0.25) is 0 Å². The first kappa shape index (κ1) is 13.1. The molecule has 1 aromatic rings. The van der Waals surface area contributed by atoms with Crippen molar-refractivity contribution < 1.29 is 0 Å². The summed E-state index contributed by atoms with van der Waals surface area (Å²) in [5.41, 5.74) is 0.882. The number of rotatable bonds is 3. The van der Waals surface area contributed by atoms with Crippen LogP contribution in [0.2, 0.25) is 10.2 Å². The molecule has 0 spiro atoms. The smallest absolute Gasteiger partial charge is 0.129 e. The Morgan fingerprint density at radius 1 is 1.24 bits per heavy atom. The summed E-state index contributed by atoms with van der Waals surface area (Å²) in [5, 5.41) is 1.22. The Balaban J connectivity index is 2.01. The largest absolute Gasteiger partial charge is 0.298 e. The van der Waals surface area contributed by atoms with Gasteiger partial charge in [-0.05, 0) is 32.0 Å². The van der Waals surface area contributed by atoms with Crippen molar-refractivity contribution in [1.29, 1.82) is 0 Å². The summed E-state index contributed by atoms with van der Waals surface area (Å²) in [6, 6.07) is 4.22. The van der Waals surface area contributed by atoms with Crippen LogP contribution in [0.25, 0.3) is 0 Å². The Bertz CT molecular complexity index is 376. The van der Waals surface area contributed by atoms with Crippen LogP contribution in [-0.2, 0) is 6.54 Å². The Hall–Kier alpha value is -0.310. The highest BCUT2D eigenvalue weighted by Crippen LogP contribution is 2.24. The van der Waals surface area contributed by atoms with Crippen LogP contribution in [0, 0.1) is 0 Å². The molecule has 2 rings (SSSR count). The Morgan fingerprint density at radius 2 is 1.94 bits per heavy atom. The quantitative estimate of drug-likeness (QED) is 0.769. The van der Waals surface area contributed by atoms with Crippen molar-refractivity contribution >= 4 is 23.2 Å². The topological polar surface area (TPSA) is 16.1 Å². The lowest BCUT2D eigenvalue weighted by Gasteiger charge is -2.31. The van der Waals surface area contributed by atoms with Crippen molar-refractivity contribution in [2.24, 2.45) is 0 Å². The maximum Gasteiger partial charge on any atom is 0.129 e. The van der Waals surface area contributed by atoms with Gasteiger partial charge < -0.3 is 0 Å². The van der Waals surface area contributed by atoms with E-state index in [9.17, 15) is 0 Å². The van der Waals surface area contributed by atoms with Gasteiger partial charge in [0.25, 0.3) is 0 Å². The molecule has 0 aliphatic heterocycles. The first-order chi connectivity index (χ1) is 8.16. The van der Waals surface area contributed by atoms with Crippen molar-refractivity contribution in [2.45, 2.75) is 44.7 Å². The fourth-order valence-electron chi connectivity index (χ4n) is 2.46. The third-order valence-corrected chi connectivity index (χ3v) is 4.04. The Labute approximate surface area is 113 Å². The first-order valence-electron chi connectivity index (χ1n) is 6.18. The highest BCUT2D eigenvalue weighted by molar-refractivity contribution is 6.32. The minimum absolute atomic E-state index is 0.515.